The number of nitrogens with one attached hydrogen (secondary N) is 2. The van der Waals surface area contributed by atoms with Gasteiger partial charge in [-0.1, -0.05) is 18.2 Å². The lowest BCUT2D eigenvalue weighted by molar-refractivity contribution is -0.114. The number of piperazine rings is 1. The summed E-state index contributed by atoms with van der Waals surface area (Å²) in [4.78, 5) is 27.5. The first kappa shape index (κ1) is 16.8. The van der Waals surface area contributed by atoms with Gasteiger partial charge < -0.3 is 20.4 Å². The van der Waals surface area contributed by atoms with Crippen molar-refractivity contribution in [2.24, 2.45) is 0 Å². The summed E-state index contributed by atoms with van der Waals surface area (Å²) in [5.74, 6) is -0.118. The zero-order valence-corrected chi connectivity index (χ0v) is 14.2. The minimum absolute atomic E-state index is 0.0972. The van der Waals surface area contributed by atoms with Crippen molar-refractivity contribution in [1.82, 2.24) is 4.90 Å². The standard InChI is InChI=1S/C19H22N4O2/c1-15(24)20-16-7-9-17(10-8-16)21-19(25)23-13-11-22(12-14-23)18-5-3-2-4-6-18/h2-10H,11-14H2,1H3,(H,20,24)(H,21,25). The number of rotatable bonds is 3. The van der Waals surface area contributed by atoms with E-state index >= 15 is 0 Å². The minimum Gasteiger partial charge on any atom is -0.368 e. The molecule has 1 aliphatic heterocycles. The zero-order chi connectivity index (χ0) is 17.6. The lowest BCUT2D eigenvalue weighted by Gasteiger charge is -2.36. The summed E-state index contributed by atoms with van der Waals surface area (Å²) >= 11 is 0. The van der Waals surface area contributed by atoms with Crippen LogP contribution in [-0.2, 0) is 4.79 Å². The first-order chi connectivity index (χ1) is 12.1. The predicted octanol–water partition coefficient (Wildman–Crippen LogP) is 3.00. The maximum atomic E-state index is 12.4. The number of benzene rings is 2. The lowest BCUT2D eigenvalue weighted by atomic mass is 10.2. The van der Waals surface area contributed by atoms with Gasteiger partial charge in [0.2, 0.25) is 5.91 Å². The first-order valence-corrected chi connectivity index (χ1v) is 8.35. The third kappa shape index (κ3) is 4.50. The molecule has 2 N–H and O–H groups in total. The number of amides is 3. The van der Waals surface area contributed by atoms with Crippen LogP contribution in [-0.4, -0.2) is 43.0 Å². The maximum Gasteiger partial charge on any atom is 0.321 e. The lowest BCUT2D eigenvalue weighted by Crippen LogP contribution is -2.50. The van der Waals surface area contributed by atoms with Crippen LogP contribution in [0.2, 0.25) is 0 Å². The van der Waals surface area contributed by atoms with Crippen LogP contribution in [0.15, 0.2) is 54.6 Å². The van der Waals surface area contributed by atoms with Gasteiger partial charge >= 0.3 is 6.03 Å². The number of anilines is 3. The molecular formula is C19H22N4O2. The Bertz CT molecular complexity index is 723. The molecule has 3 amide bonds. The Morgan fingerprint density at radius 2 is 1.36 bits per heavy atom. The summed E-state index contributed by atoms with van der Waals surface area (Å²) in [6.07, 6.45) is 0. The normalized spacial score (nSPS) is 14.1. The highest BCUT2D eigenvalue weighted by atomic mass is 16.2. The molecule has 0 aliphatic carbocycles. The van der Waals surface area contributed by atoms with E-state index in [1.165, 1.54) is 12.6 Å². The number of carbonyl (C=O) groups excluding carboxylic acids is 2. The molecule has 0 unspecified atom stereocenters. The summed E-state index contributed by atoms with van der Waals surface area (Å²) in [5, 5.41) is 5.60. The van der Waals surface area contributed by atoms with Crippen LogP contribution < -0.4 is 15.5 Å². The fourth-order valence-electron chi connectivity index (χ4n) is 2.85. The van der Waals surface area contributed by atoms with E-state index in [1.54, 1.807) is 24.3 Å². The second-order valence-electron chi connectivity index (χ2n) is 6.00. The second-order valence-corrected chi connectivity index (χ2v) is 6.00. The van der Waals surface area contributed by atoms with Crippen LogP contribution in [0.25, 0.3) is 0 Å². The quantitative estimate of drug-likeness (QED) is 0.904. The highest BCUT2D eigenvalue weighted by molar-refractivity contribution is 5.91. The van der Waals surface area contributed by atoms with Crippen molar-refractivity contribution in [1.29, 1.82) is 0 Å². The van der Waals surface area contributed by atoms with Gasteiger partial charge in [0.1, 0.15) is 0 Å². The molecule has 0 spiro atoms. The van der Waals surface area contributed by atoms with Gasteiger partial charge in [-0.3, -0.25) is 4.79 Å². The topological polar surface area (TPSA) is 64.7 Å². The van der Waals surface area contributed by atoms with Crippen LogP contribution in [0.1, 0.15) is 6.92 Å². The number of nitrogens with zero attached hydrogens (tertiary/aromatic N) is 2. The van der Waals surface area contributed by atoms with E-state index in [9.17, 15) is 9.59 Å². The smallest absolute Gasteiger partial charge is 0.321 e. The Morgan fingerprint density at radius 3 is 1.92 bits per heavy atom. The third-order valence-corrected chi connectivity index (χ3v) is 4.14. The summed E-state index contributed by atoms with van der Waals surface area (Å²) in [5.41, 5.74) is 2.61. The van der Waals surface area contributed by atoms with Gasteiger partial charge in [0.25, 0.3) is 0 Å². The molecule has 3 rings (SSSR count). The molecule has 1 fully saturated rings. The number of urea groups is 1. The molecule has 0 bridgehead atoms. The Morgan fingerprint density at radius 1 is 0.800 bits per heavy atom. The molecule has 25 heavy (non-hydrogen) atoms. The fraction of sp³-hybridized carbons (Fsp3) is 0.263. The molecule has 2 aromatic carbocycles. The molecule has 130 valence electrons. The van der Waals surface area contributed by atoms with Gasteiger partial charge in [-0.2, -0.15) is 0 Å². The van der Waals surface area contributed by atoms with E-state index < -0.39 is 0 Å². The molecule has 0 aromatic heterocycles. The zero-order valence-electron chi connectivity index (χ0n) is 14.2. The fourth-order valence-corrected chi connectivity index (χ4v) is 2.85. The summed E-state index contributed by atoms with van der Waals surface area (Å²) in [7, 11) is 0. The number of hydrogen-bond acceptors (Lipinski definition) is 3. The largest absolute Gasteiger partial charge is 0.368 e. The number of carbonyl (C=O) groups is 2. The van der Waals surface area contributed by atoms with Crippen molar-refractivity contribution in [2.75, 3.05) is 41.7 Å². The summed E-state index contributed by atoms with van der Waals surface area (Å²) < 4.78 is 0. The number of hydrogen-bond donors (Lipinski definition) is 2. The third-order valence-electron chi connectivity index (χ3n) is 4.14. The van der Waals surface area contributed by atoms with Gasteiger partial charge in [0, 0.05) is 50.2 Å². The highest BCUT2D eigenvalue weighted by Gasteiger charge is 2.21. The predicted molar refractivity (Wildman–Crippen MR) is 100.0 cm³/mol. The van der Waals surface area contributed by atoms with Crippen molar-refractivity contribution < 1.29 is 9.59 Å². The Hall–Kier alpha value is -3.02. The number of para-hydroxylation sites is 1. The average molecular weight is 338 g/mol. The Labute approximate surface area is 147 Å². The van der Waals surface area contributed by atoms with Crippen LogP contribution in [0.5, 0.6) is 0 Å². The summed E-state index contributed by atoms with van der Waals surface area (Å²) in [6.45, 7) is 4.47. The van der Waals surface area contributed by atoms with Crippen LogP contribution in [0.4, 0.5) is 21.9 Å². The van der Waals surface area contributed by atoms with Crippen molar-refractivity contribution in [3.05, 3.63) is 54.6 Å². The van der Waals surface area contributed by atoms with E-state index in [0.717, 1.165) is 13.1 Å². The maximum absolute atomic E-state index is 12.4. The Kier molecular flexibility index (Phi) is 5.18. The molecule has 6 nitrogen and oxygen atoms in total. The molecule has 1 aliphatic rings. The van der Waals surface area contributed by atoms with Crippen molar-refractivity contribution >= 4 is 29.0 Å². The average Bonchev–Trinajstić information content (AvgIpc) is 2.64. The molecule has 1 saturated heterocycles. The van der Waals surface area contributed by atoms with Gasteiger partial charge in [0.15, 0.2) is 0 Å². The SMILES string of the molecule is CC(=O)Nc1ccc(NC(=O)N2CCN(c3ccccc3)CC2)cc1. The molecule has 2 aromatic rings. The van der Waals surface area contributed by atoms with Gasteiger partial charge in [-0.15, -0.1) is 0 Å². The van der Waals surface area contributed by atoms with Crippen molar-refractivity contribution in [3.8, 4) is 0 Å². The van der Waals surface area contributed by atoms with E-state index in [-0.39, 0.29) is 11.9 Å². The van der Waals surface area contributed by atoms with E-state index in [0.29, 0.717) is 24.5 Å². The molecule has 0 atom stereocenters. The van der Waals surface area contributed by atoms with E-state index in [1.807, 2.05) is 23.1 Å². The van der Waals surface area contributed by atoms with Gasteiger partial charge in [-0.25, -0.2) is 4.79 Å². The second kappa shape index (κ2) is 7.70. The first-order valence-electron chi connectivity index (χ1n) is 8.35. The van der Waals surface area contributed by atoms with Crippen LogP contribution >= 0.6 is 0 Å². The molecule has 1 heterocycles. The van der Waals surface area contributed by atoms with Crippen molar-refractivity contribution in [3.63, 3.8) is 0 Å². The van der Waals surface area contributed by atoms with Crippen LogP contribution in [0, 0.1) is 0 Å². The molecule has 0 radical (unpaired) electrons. The van der Waals surface area contributed by atoms with E-state index in [2.05, 4.69) is 27.7 Å². The Balaban J connectivity index is 1.52. The van der Waals surface area contributed by atoms with Gasteiger partial charge in [0.05, 0.1) is 0 Å². The monoisotopic (exact) mass is 338 g/mol. The minimum atomic E-state index is -0.118. The molecular weight excluding hydrogens is 316 g/mol. The molecule has 6 heteroatoms. The highest BCUT2D eigenvalue weighted by Crippen LogP contribution is 2.17. The van der Waals surface area contributed by atoms with Gasteiger partial charge in [-0.05, 0) is 36.4 Å². The van der Waals surface area contributed by atoms with Crippen LogP contribution in [0.3, 0.4) is 0 Å². The van der Waals surface area contributed by atoms with E-state index in [4.69, 9.17) is 0 Å². The molecule has 0 saturated carbocycles. The van der Waals surface area contributed by atoms with Crippen molar-refractivity contribution in [2.45, 2.75) is 6.92 Å². The summed E-state index contributed by atoms with van der Waals surface area (Å²) in [6, 6.07) is 17.2.